The zero-order valence-electron chi connectivity index (χ0n) is 10.6. The van der Waals surface area contributed by atoms with Crippen LogP contribution in [0.3, 0.4) is 0 Å². The molecule has 1 aromatic carbocycles. The molecule has 0 aliphatic heterocycles. The van der Waals surface area contributed by atoms with Gasteiger partial charge in [-0.2, -0.15) is 0 Å². The summed E-state index contributed by atoms with van der Waals surface area (Å²) < 4.78 is 0. The average molecular weight is 235 g/mol. The number of aromatic nitrogens is 1. The zero-order chi connectivity index (χ0) is 12.4. The molecule has 1 nitrogen and oxygen atoms in total. The molecule has 1 aromatic heterocycles. The number of pyridine rings is 1. The Kier molecular flexibility index (Phi) is 2.97. The second-order valence-corrected chi connectivity index (χ2v) is 5.02. The van der Waals surface area contributed by atoms with E-state index in [1.54, 1.807) is 0 Å². The quantitative estimate of drug-likeness (QED) is 0.781. The fraction of sp³-hybridized carbons (Fsp3) is 0.235. The van der Waals surface area contributed by atoms with Crippen LogP contribution in [0.4, 0.5) is 0 Å². The van der Waals surface area contributed by atoms with E-state index in [0.29, 0.717) is 11.8 Å². The van der Waals surface area contributed by atoms with Gasteiger partial charge in [0.15, 0.2) is 0 Å². The first kappa shape index (κ1) is 11.2. The molecular weight excluding hydrogens is 218 g/mol. The Morgan fingerprint density at radius 1 is 1.11 bits per heavy atom. The molecule has 2 atom stereocenters. The van der Waals surface area contributed by atoms with Crippen molar-refractivity contribution in [2.75, 3.05) is 0 Å². The largest absolute Gasteiger partial charge is 0.261 e. The van der Waals surface area contributed by atoms with E-state index in [0.717, 1.165) is 6.42 Å². The van der Waals surface area contributed by atoms with Gasteiger partial charge in [0.25, 0.3) is 0 Å². The second kappa shape index (κ2) is 4.77. The van der Waals surface area contributed by atoms with Gasteiger partial charge in [-0.15, -0.1) is 0 Å². The third-order valence-corrected chi connectivity index (χ3v) is 3.71. The maximum absolute atomic E-state index is 4.42. The predicted molar refractivity (Wildman–Crippen MR) is 75.3 cm³/mol. The Balaban J connectivity index is 1.79. The molecule has 0 saturated heterocycles. The van der Waals surface area contributed by atoms with Gasteiger partial charge >= 0.3 is 0 Å². The standard InChI is InChI=1S/C17H17N/c1-13(12-15-7-4-5-11-18-15)16-10-9-14-6-2-3-8-17(14)16/h2-11,13,16H,12H2,1H3. The third kappa shape index (κ3) is 2.08. The summed E-state index contributed by atoms with van der Waals surface area (Å²) in [5, 5.41) is 0. The fourth-order valence-electron chi connectivity index (χ4n) is 2.75. The van der Waals surface area contributed by atoms with Gasteiger partial charge < -0.3 is 0 Å². The first-order valence-electron chi connectivity index (χ1n) is 6.51. The van der Waals surface area contributed by atoms with Crippen LogP contribution in [0.15, 0.2) is 54.7 Å². The maximum atomic E-state index is 4.42. The van der Waals surface area contributed by atoms with Crippen LogP contribution in [0, 0.1) is 5.92 Å². The summed E-state index contributed by atoms with van der Waals surface area (Å²) in [6.45, 7) is 2.31. The van der Waals surface area contributed by atoms with Gasteiger partial charge in [-0.05, 0) is 35.6 Å². The highest BCUT2D eigenvalue weighted by Crippen LogP contribution is 2.36. The van der Waals surface area contributed by atoms with Crippen molar-refractivity contribution in [1.82, 2.24) is 4.98 Å². The van der Waals surface area contributed by atoms with Gasteiger partial charge in [0.1, 0.15) is 0 Å². The highest BCUT2D eigenvalue weighted by molar-refractivity contribution is 5.62. The SMILES string of the molecule is CC(Cc1ccccn1)C1C=Cc2ccccc21. The van der Waals surface area contributed by atoms with Crippen molar-refractivity contribution >= 4 is 6.08 Å². The fourth-order valence-corrected chi connectivity index (χ4v) is 2.75. The van der Waals surface area contributed by atoms with Gasteiger partial charge in [-0.1, -0.05) is 49.4 Å². The van der Waals surface area contributed by atoms with Crippen LogP contribution in [-0.4, -0.2) is 4.98 Å². The molecule has 0 saturated carbocycles. The number of nitrogens with zero attached hydrogens (tertiary/aromatic N) is 1. The lowest BCUT2D eigenvalue weighted by atomic mass is 9.86. The molecule has 1 heterocycles. The molecule has 1 heteroatoms. The van der Waals surface area contributed by atoms with E-state index in [-0.39, 0.29) is 0 Å². The monoisotopic (exact) mass is 235 g/mol. The van der Waals surface area contributed by atoms with Crippen molar-refractivity contribution in [2.45, 2.75) is 19.3 Å². The van der Waals surface area contributed by atoms with Crippen molar-refractivity contribution < 1.29 is 0 Å². The van der Waals surface area contributed by atoms with Crippen molar-refractivity contribution in [1.29, 1.82) is 0 Å². The zero-order valence-corrected chi connectivity index (χ0v) is 10.6. The van der Waals surface area contributed by atoms with E-state index in [2.05, 4.69) is 60.5 Å². The van der Waals surface area contributed by atoms with E-state index in [4.69, 9.17) is 0 Å². The van der Waals surface area contributed by atoms with E-state index in [1.165, 1.54) is 16.8 Å². The van der Waals surface area contributed by atoms with Crippen LogP contribution in [-0.2, 0) is 6.42 Å². The second-order valence-electron chi connectivity index (χ2n) is 5.02. The van der Waals surface area contributed by atoms with Gasteiger partial charge in [-0.25, -0.2) is 0 Å². The van der Waals surface area contributed by atoms with Gasteiger partial charge in [0.2, 0.25) is 0 Å². The summed E-state index contributed by atoms with van der Waals surface area (Å²) >= 11 is 0. The molecule has 3 rings (SSSR count). The lowest BCUT2D eigenvalue weighted by Gasteiger charge is -2.19. The molecule has 90 valence electrons. The molecule has 2 unspecified atom stereocenters. The molecular formula is C17H17N. The van der Waals surface area contributed by atoms with Crippen LogP contribution >= 0.6 is 0 Å². The summed E-state index contributed by atoms with van der Waals surface area (Å²) in [4.78, 5) is 4.42. The highest BCUT2D eigenvalue weighted by atomic mass is 14.7. The lowest BCUT2D eigenvalue weighted by molar-refractivity contribution is 0.519. The number of allylic oxidation sites excluding steroid dienone is 1. The third-order valence-electron chi connectivity index (χ3n) is 3.71. The van der Waals surface area contributed by atoms with Gasteiger partial charge in [0, 0.05) is 17.8 Å². The van der Waals surface area contributed by atoms with E-state index < -0.39 is 0 Å². The smallest absolute Gasteiger partial charge is 0.0406 e. The summed E-state index contributed by atoms with van der Waals surface area (Å²) in [6.07, 6.45) is 7.48. The van der Waals surface area contributed by atoms with E-state index >= 15 is 0 Å². The molecule has 2 aromatic rings. The number of hydrogen-bond acceptors (Lipinski definition) is 1. The van der Waals surface area contributed by atoms with Crippen molar-refractivity contribution in [3.05, 3.63) is 71.6 Å². The van der Waals surface area contributed by atoms with Gasteiger partial charge in [-0.3, -0.25) is 4.98 Å². The molecule has 1 aliphatic carbocycles. The van der Waals surface area contributed by atoms with E-state index in [9.17, 15) is 0 Å². The van der Waals surface area contributed by atoms with Crippen molar-refractivity contribution in [2.24, 2.45) is 5.92 Å². The predicted octanol–water partition coefficient (Wildman–Crippen LogP) is 4.07. The van der Waals surface area contributed by atoms with Crippen LogP contribution in [0.2, 0.25) is 0 Å². The summed E-state index contributed by atoms with van der Waals surface area (Å²) in [5.74, 6) is 1.11. The van der Waals surface area contributed by atoms with Crippen LogP contribution in [0.5, 0.6) is 0 Å². The summed E-state index contributed by atoms with van der Waals surface area (Å²) in [5.41, 5.74) is 4.01. The maximum Gasteiger partial charge on any atom is 0.0406 e. The summed E-state index contributed by atoms with van der Waals surface area (Å²) in [6, 6.07) is 14.8. The van der Waals surface area contributed by atoms with Crippen LogP contribution < -0.4 is 0 Å². The minimum atomic E-state index is 0.531. The highest BCUT2D eigenvalue weighted by Gasteiger charge is 2.22. The minimum absolute atomic E-state index is 0.531. The Bertz CT molecular complexity index is 557. The topological polar surface area (TPSA) is 12.9 Å². The van der Waals surface area contributed by atoms with E-state index in [1.807, 2.05) is 12.3 Å². The van der Waals surface area contributed by atoms with Crippen molar-refractivity contribution in [3.63, 3.8) is 0 Å². The molecule has 18 heavy (non-hydrogen) atoms. The van der Waals surface area contributed by atoms with Crippen LogP contribution in [0.1, 0.15) is 29.7 Å². The Hall–Kier alpha value is -1.89. The number of benzene rings is 1. The molecule has 0 bridgehead atoms. The molecule has 0 fully saturated rings. The van der Waals surface area contributed by atoms with Crippen LogP contribution in [0.25, 0.3) is 6.08 Å². The molecule has 0 radical (unpaired) electrons. The molecule has 1 aliphatic rings. The Morgan fingerprint density at radius 3 is 2.78 bits per heavy atom. The molecule has 0 amide bonds. The first-order chi connectivity index (χ1) is 8.84. The number of hydrogen-bond donors (Lipinski definition) is 0. The van der Waals surface area contributed by atoms with Crippen molar-refractivity contribution in [3.8, 4) is 0 Å². The average Bonchev–Trinajstić information content (AvgIpc) is 2.84. The number of rotatable bonds is 3. The normalized spacial score (nSPS) is 18.6. The van der Waals surface area contributed by atoms with Gasteiger partial charge in [0.05, 0.1) is 0 Å². The molecule has 0 spiro atoms. The summed E-state index contributed by atoms with van der Waals surface area (Å²) in [7, 11) is 0. The number of fused-ring (bicyclic) bond motifs is 1. The molecule has 0 N–H and O–H groups in total. The Morgan fingerprint density at radius 2 is 1.94 bits per heavy atom. The first-order valence-corrected chi connectivity index (χ1v) is 6.51. The minimum Gasteiger partial charge on any atom is -0.261 e. The lowest BCUT2D eigenvalue weighted by Crippen LogP contribution is -2.10. The Labute approximate surface area is 108 Å².